The summed E-state index contributed by atoms with van der Waals surface area (Å²) in [4.78, 5) is 7.48. The molecule has 0 aromatic heterocycles. The predicted molar refractivity (Wildman–Crippen MR) is 146 cm³/mol. The smallest absolute Gasteiger partial charge is 0.168 e. The first-order valence-corrected chi connectivity index (χ1v) is 12.4. The highest BCUT2D eigenvalue weighted by Crippen LogP contribution is 2.47. The van der Waals surface area contributed by atoms with Crippen molar-refractivity contribution in [3.8, 4) is 0 Å². The highest BCUT2D eigenvalue weighted by Gasteiger charge is 2.36. The Hall–Kier alpha value is -1.15. The van der Waals surface area contributed by atoms with Crippen LogP contribution in [-0.4, -0.2) is 72.2 Å². The molecule has 2 fully saturated rings. The Labute approximate surface area is 224 Å². The van der Waals surface area contributed by atoms with Crippen molar-refractivity contribution in [2.45, 2.75) is 24.8 Å². The van der Waals surface area contributed by atoms with E-state index in [1.807, 2.05) is 18.2 Å². The van der Waals surface area contributed by atoms with Crippen molar-refractivity contribution in [3.05, 3.63) is 70.0 Å². The number of hydrogen-bond donors (Lipinski definition) is 1. The fourth-order valence-electron chi connectivity index (χ4n) is 5.44. The molecule has 1 N–H and O–H groups in total. The monoisotopic (exact) mass is 544 g/mol. The van der Waals surface area contributed by atoms with Gasteiger partial charge in [-0.1, -0.05) is 29.8 Å². The van der Waals surface area contributed by atoms with Crippen LogP contribution >= 0.6 is 48.6 Å². The second-order valence-electron chi connectivity index (χ2n) is 9.08. The van der Waals surface area contributed by atoms with Gasteiger partial charge >= 0.3 is 0 Å². The summed E-state index contributed by atoms with van der Waals surface area (Å²) < 4.78 is 13.5. The Bertz CT molecular complexity index is 969. The zero-order chi connectivity index (χ0) is 22.1. The number of rotatable bonds is 5. The molecule has 34 heavy (non-hydrogen) atoms. The average molecular weight is 546 g/mol. The number of benzene rings is 2. The van der Waals surface area contributed by atoms with Gasteiger partial charge in [0.05, 0.1) is 0 Å². The van der Waals surface area contributed by atoms with Crippen LogP contribution in [0.25, 0.3) is 0 Å². The van der Waals surface area contributed by atoms with Gasteiger partial charge in [0.2, 0.25) is 0 Å². The van der Waals surface area contributed by atoms with Crippen molar-refractivity contribution in [1.82, 2.24) is 20.0 Å². The van der Waals surface area contributed by atoms with Gasteiger partial charge in [-0.3, -0.25) is 9.80 Å². The third kappa shape index (κ3) is 5.97. The topological polar surface area (TPSA) is 21.8 Å². The molecule has 0 radical (unpaired) electrons. The third-order valence-electron chi connectivity index (χ3n) is 7.22. The summed E-state index contributed by atoms with van der Waals surface area (Å²) in [5.74, 6) is 0.0757. The van der Waals surface area contributed by atoms with Crippen LogP contribution in [0.15, 0.2) is 42.5 Å². The maximum atomic E-state index is 13.5. The Kier molecular flexibility index (Phi) is 9.84. The van der Waals surface area contributed by atoms with Crippen LogP contribution in [0.5, 0.6) is 0 Å². The minimum Gasteiger partial charge on any atom is -0.362 e. The van der Waals surface area contributed by atoms with Gasteiger partial charge in [-0.05, 0) is 66.0 Å². The van der Waals surface area contributed by atoms with Crippen LogP contribution < -0.4 is 5.32 Å². The molecular formula is C25H32Cl3FN4S. The van der Waals surface area contributed by atoms with E-state index in [4.69, 9.17) is 23.8 Å². The molecule has 0 bridgehead atoms. The molecule has 5 rings (SSSR count). The van der Waals surface area contributed by atoms with E-state index in [0.29, 0.717) is 6.04 Å². The Morgan fingerprint density at radius 3 is 2.38 bits per heavy atom. The summed E-state index contributed by atoms with van der Waals surface area (Å²) in [5, 5.41) is 4.97. The molecule has 0 spiro atoms. The third-order valence-corrected chi connectivity index (χ3v) is 7.85. The van der Waals surface area contributed by atoms with Crippen LogP contribution in [0.4, 0.5) is 4.39 Å². The number of nitrogens with zero attached hydrogens (tertiary/aromatic N) is 3. The summed E-state index contributed by atoms with van der Waals surface area (Å²) in [7, 11) is 0. The van der Waals surface area contributed by atoms with E-state index in [2.05, 4.69) is 32.1 Å². The van der Waals surface area contributed by atoms with Crippen LogP contribution in [0.2, 0.25) is 5.02 Å². The molecule has 2 heterocycles. The summed E-state index contributed by atoms with van der Waals surface area (Å²) in [6.07, 6.45) is 2.18. The molecule has 3 aliphatic rings. The van der Waals surface area contributed by atoms with E-state index < -0.39 is 0 Å². The summed E-state index contributed by atoms with van der Waals surface area (Å²) in [6.45, 7) is 8.41. The normalized spacial score (nSPS) is 23.0. The van der Waals surface area contributed by atoms with Gasteiger partial charge in [0.15, 0.2) is 5.11 Å². The largest absolute Gasteiger partial charge is 0.362 e. The van der Waals surface area contributed by atoms with Gasteiger partial charge in [0.1, 0.15) is 5.82 Å². The molecule has 2 aromatic carbocycles. The first-order chi connectivity index (χ1) is 15.6. The molecule has 0 amide bonds. The molecule has 2 aliphatic heterocycles. The number of fused-ring (bicyclic) bond motifs is 1. The fraction of sp³-hybridized carbons (Fsp3) is 0.480. The average Bonchev–Trinajstić information content (AvgIpc) is 3.18. The van der Waals surface area contributed by atoms with Crippen molar-refractivity contribution in [2.75, 3.05) is 52.4 Å². The molecule has 4 nitrogen and oxygen atoms in total. The lowest BCUT2D eigenvalue weighted by Gasteiger charge is -2.39. The molecule has 1 aliphatic carbocycles. The van der Waals surface area contributed by atoms with Gasteiger partial charge in [0.25, 0.3) is 0 Å². The molecular weight excluding hydrogens is 514 g/mol. The minimum absolute atomic E-state index is 0. The number of piperazine rings is 1. The van der Waals surface area contributed by atoms with Crippen molar-refractivity contribution >= 4 is 53.7 Å². The number of nitrogens with one attached hydrogen (secondary N) is 1. The second kappa shape index (κ2) is 12.2. The molecule has 9 heteroatoms. The zero-order valence-corrected chi connectivity index (χ0v) is 22.3. The van der Waals surface area contributed by atoms with Crippen molar-refractivity contribution < 1.29 is 4.39 Å². The van der Waals surface area contributed by atoms with Crippen molar-refractivity contribution in [2.24, 2.45) is 0 Å². The summed E-state index contributed by atoms with van der Waals surface area (Å²) in [6, 6.07) is 13.7. The molecule has 2 saturated heterocycles. The lowest BCUT2D eigenvalue weighted by Crippen LogP contribution is -2.52. The molecule has 0 unspecified atom stereocenters. The van der Waals surface area contributed by atoms with E-state index in [9.17, 15) is 4.39 Å². The van der Waals surface area contributed by atoms with Gasteiger partial charge < -0.3 is 10.2 Å². The lowest BCUT2D eigenvalue weighted by molar-refractivity contribution is 0.0910. The van der Waals surface area contributed by atoms with E-state index in [1.165, 1.54) is 16.7 Å². The molecule has 0 saturated carbocycles. The lowest BCUT2D eigenvalue weighted by atomic mass is 9.93. The second-order valence-corrected chi connectivity index (χ2v) is 9.90. The van der Waals surface area contributed by atoms with Gasteiger partial charge in [0, 0.05) is 69.3 Å². The predicted octanol–water partition coefficient (Wildman–Crippen LogP) is 5.10. The number of thiocarbonyl (C=S) groups is 1. The molecule has 2 aromatic rings. The molecule has 186 valence electrons. The van der Waals surface area contributed by atoms with E-state index in [1.54, 1.807) is 12.1 Å². The quantitative estimate of drug-likeness (QED) is 0.527. The van der Waals surface area contributed by atoms with Crippen LogP contribution in [0.1, 0.15) is 41.5 Å². The summed E-state index contributed by atoms with van der Waals surface area (Å²) in [5.41, 5.74) is 3.84. The van der Waals surface area contributed by atoms with Gasteiger partial charge in [-0.2, -0.15) is 0 Å². The van der Waals surface area contributed by atoms with E-state index in [0.717, 1.165) is 75.3 Å². The highest BCUT2D eigenvalue weighted by atomic mass is 35.5. The zero-order valence-electron chi connectivity index (χ0n) is 19.1. The van der Waals surface area contributed by atoms with Gasteiger partial charge in [-0.15, -0.1) is 24.8 Å². The van der Waals surface area contributed by atoms with Crippen molar-refractivity contribution in [1.29, 1.82) is 0 Å². The maximum absolute atomic E-state index is 13.5. The van der Waals surface area contributed by atoms with Crippen LogP contribution in [-0.2, 0) is 0 Å². The Morgan fingerprint density at radius 1 is 0.941 bits per heavy atom. The standard InChI is InChI=1S/C25H30ClFN4S.2ClH/c26-19-4-7-21-23(16-19)22(18-2-5-20(27)6-3-18)17-24(21)30-13-10-29(11-14-30)12-15-31-9-1-8-28-25(31)32;;/h2-7,16,22,24H,1,8-15,17H2,(H,28,32);2*1H/t22-,24+;;/m1../s1. The van der Waals surface area contributed by atoms with Crippen LogP contribution in [0.3, 0.4) is 0 Å². The Balaban J connectivity index is 0.00000162. The maximum Gasteiger partial charge on any atom is 0.168 e. The Morgan fingerprint density at radius 2 is 1.68 bits per heavy atom. The highest BCUT2D eigenvalue weighted by molar-refractivity contribution is 7.80. The summed E-state index contributed by atoms with van der Waals surface area (Å²) >= 11 is 11.8. The van der Waals surface area contributed by atoms with Crippen LogP contribution in [0, 0.1) is 5.82 Å². The van der Waals surface area contributed by atoms with E-state index >= 15 is 0 Å². The first kappa shape index (κ1) is 27.4. The number of hydrogen-bond acceptors (Lipinski definition) is 3. The minimum atomic E-state index is -0.188. The molecule has 2 atom stereocenters. The fourth-order valence-corrected chi connectivity index (χ4v) is 5.90. The van der Waals surface area contributed by atoms with Gasteiger partial charge in [-0.25, -0.2) is 4.39 Å². The first-order valence-electron chi connectivity index (χ1n) is 11.6. The van der Waals surface area contributed by atoms with Crippen molar-refractivity contribution in [3.63, 3.8) is 0 Å². The number of halogens is 4. The van der Waals surface area contributed by atoms with E-state index in [-0.39, 0.29) is 36.5 Å². The SMILES string of the molecule is Cl.Cl.Fc1ccc([C@H]2C[C@H](N3CCN(CCN4CCCNC4=S)CC3)c3ccc(Cl)cc32)cc1.